The second kappa shape index (κ2) is 5.03. The molecule has 0 N–H and O–H groups in total. The monoisotopic (exact) mass is 207 g/mol. The Morgan fingerprint density at radius 3 is 2.93 bits per heavy atom. The standard InChI is InChI=1S/C10H13N3S/c1-2-4-9(5-3-1)12-8-13-10-11-6-7-14-10/h6-7,9H,1-5H2. The first kappa shape index (κ1) is 9.56. The number of aromatic nitrogens is 1. The molecule has 0 atom stereocenters. The van der Waals surface area contributed by atoms with E-state index in [2.05, 4.69) is 21.0 Å². The summed E-state index contributed by atoms with van der Waals surface area (Å²) in [4.78, 5) is 12.4. The lowest BCUT2D eigenvalue weighted by Crippen LogP contribution is -2.08. The Balaban J connectivity index is 1.92. The van der Waals surface area contributed by atoms with Gasteiger partial charge in [-0.15, -0.1) is 11.3 Å². The van der Waals surface area contributed by atoms with Gasteiger partial charge in [0.25, 0.3) is 0 Å². The van der Waals surface area contributed by atoms with Gasteiger partial charge in [-0.1, -0.05) is 19.3 Å². The van der Waals surface area contributed by atoms with Crippen LogP contribution in [0.15, 0.2) is 21.6 Å². The highest BCUT2D eigenvalue weighted by atomic mass is 32.1. The number of rotatable bonds is 2. The Kier molecular flexibility index (Phi) is 3.44. The van der Waals surface area contributed by atoms with E-state index in [9.17, 15) is 0 Å². The van der Waals surface area contributed by atoms with Gasteiger partial charge in [0.1, 0.15) is 0 Å². The Bertz CT molecular complexity index is 319. The minimum atomic E-state index is 0.451. The van der Waals surface area contributed by atoms with E-state index >= 15 is 0 Å². The fraction of sp³-hybridized carbons (Fsp3) is 0.600. The van der Waals surface area contributed by atoms with Crippen molar-refractivity contribution in [3.63, 3.8) is 0 Å². The van der Waals surface area contributed by atoms with Crippen LogP contribution in [0.2, 0.25) is 0 Å². The van der Waals surface area contributed by atoms with Crippen LogP contribution >= 0.6 is 11.3 Å². The molecule has 0 saturated heterocycles. The summed E-state index contributed by atoms with van der Waals surface area (Å²) in [5, 5.41) is 2.64. The quantitative estimate of drug-likeness (QED) is 0.686. The third-order valence-electron chi connectivity index (χ3n) is 2.38. The van der Waals surface area contributed by atoms with Crippen molar-refractivity contribution in [3.05, 3.63) is 11.6 Å². The first-order valence-electron chi connectivity index (χ1n) is 5.00. The second-order valence-electron chi connectivity index (χ2n) is 3.45. The summed E-state index contributed by atoms with van der Waals surface area (Å²) >= 11 is 1.51. The molecule has 1 heterocycles. The highest BCUT2D eigenvalue weighted by molar-refractivity contribution is 7.13. The third kappa shape index (κ3) is 2.76. The molecule has 3 nitrogen and oxygen atoms in total. The summed E-state index contributed by atoms with van der Waals surface area (Å²) < 4.78 is 0. The molecule has 0 unspecified atom stereocenters. The van der Waals surface area contributed by atoms with E-state index in [0.29, 0.717) is 6.04 Å². The van der Waals surface area contributed by atoms with Gasteiger partial charge < -0.3 is 0 Å². The fourth-order valence-electron chi connectivity index (χ4n) is 1.63. The molecule has 1 aromatic heterocycles. The zero-order chi connectivity index (χ0) is 9.64. The van der Waals surface area contributed by atoms with Gasteiger partial charge in [-0.2, -0.15) is 4.99 Å². The van der Waals surface area contributed by atoms with Crippen molar-refractivity contribution in [1.82, 2.24) is 4.98 Å². The van der Waals surface area contributed by atoms with Crippen LogP contribution in [-0.4, -0.2) is 17.0 Å². The minimum absolute atomic E-state index is 0.451. The largest absolute Gasteiger partial charge is 0.226 e. The predicted molar refractivity (Wildman–Crippen MR) is 58.5 cm³/mol. The van der Waals surface area contributed by atoms with E-state index < -0.39 is 0 Å². The first-order chi connectivity index (χ1) is 6.95. The van der Waals surface area contributed by atoms with Crippen LogP contribution in [0.25, 0.3) is 0 Å². The number of hydrogen-bond donors (Lipinski definition) is 0. The van der Waals surface area contributed by atoms with Crippen LogP contribution in [0, 0.1) is 0 Å². The van der Waals surface area contributed by atoms with E-state index in [1.807, 2.05) is 5.38 Å². The van der Waals surface area contributed by atoms with E-state index in [4.69, 9.17) is 0 Å². The molecule has 0 aromatic carbocycles. The number of nitrogens with zero attached hydrogens (tertiary/aromatic N) is 3. The Morgan fingerprint density at radius 2 is 2.21 bits per heavy atom. The highest BCUT2D eigenvalue weighted by Crippen LogP contribution is 2.20. The average molecular weight is 207 g/mol. The van der Waals surface area contributed by atoms with Crippen LogP contribution in [0.3, 0.4) is 0 Å². The molecule has 0 radical (unpaired) electrons. The average Bonchev–Trinajstić information content (AvgIpc) is 2.72. The van der Waals surface area contributed by atoms with Crippen LogP contribution in [0.5, 0.6) is 0 Å². The van der Waals surface area contributed by atoms with Crippen LogP contribution < -0.4 is 0 Å². The molecule has 1 saturated carbocycles. The Morgan fingerprint density at radius 1 is 1.36 bits per heavy atom. The first-order valence-corrected chi connectivity index (χ1v) is 5.88. The maximum atomic E-state index is 4.31. The van der Waals surface area contributed by atoms with E-state index in [1.165, 1.54) is 43.4 Å². The molecule has 74 valence electrons. The molecule has 2 rings (SSSR count). The maximum Gasteiger partial charge on any atom is 0.219 e. The molecule has 1 fully saturated rings. The maximum absolute atomic E-state index is 4.31. The summed E-state index contributed by atoms with van der Waals surface area (Å²) in [5.41, 5.74) is 0. The van der Waals surface area contributed by atoms with Crippen molar-refractivity contribution in [1.29, 1.82) is 0 Å². The van der Waals surface area contributed by atoms with Crippen molar-refractivity contribution in [3.8, 4) is 0 Å². The molecule has 0 bridgehead atoms. The Labute approximate surface area is 87.6 Å². The van der Waals surface area contributed by atoms with E-state index in [0.717, 1.165) is 5.13 Å². The molecular weight excluding hydrogens is 194 g/mol. The summed E-state index contributed by atoms with van der Waals surface area (Å²) in [6, 6.07) is 3.21. The van der Waals surface area contributed by atoms with Gasteiger partial charge in [0.15, 0.2) is 0 Å². The predicted octanol–water partition coefficient (Wildman–Crippen LogP) is 3.28. The van der Waals surface area contributed by atoms with E-state index in [-0.39, 0.29) is 0 Å². The zero-order valence-electron chi connectivity index (χ0n) is 8.02. The molecule has 0 spiro atoms. The molecule has 4 heteroatoms. The van der Waals surface area contributed by atoms with Crippen LogP contribution in [-0.2, 0) is 0 Å². The highest BCUT2D eigenvalue weighted by Gasteiger charge is 2.10. The van der Waals surface area contributed by atoms with Gasteiger partial charge in [-0.25, -0.2) is 9.98 Å². The molecule has 1 aliphatic carbocycles. The topological polar surface area (TPSA) is 37.6 Å². The van der Waals surface area contributed by atoms with E-state index in [1.54, 1.807) is 6.20 Å². The van der Waals surface area contributed by atoms with Gasteiger partial charge in [-0.05, 0) is 12.8 Å². The number of aliphatic imine (C=N–C) groups is 2. The van der Waals surface area contributed by atoms with Gasteiger partial charge in [0.05, 0.1) is 12.1 Å². The van der Waals surface area contributed by atoms with Crippen molar-refractivity contribution >= 4 is 22.5 Å². The SMILES string of the molecule is C(=Nc1nccs1)=NC1CCCCC1. The third-order valence-corrected chi connectivity index (χ3v) is 3.05. The second-order valence-corrected chi connectivity index (χ2v) is 4.32. The normalized spacial score (nSPS) is 17.4. The minimum Gasteiger partial charge on any atom is -0.226 e. The lowest BCUT2D eigenvalue weighted by Gasteiger charge is -2.15. The molecule has 1 aromatic rings. The summed E-state index contributed by atoms with van der Waals surface area (Å²) in [6.07, 6.45) is 8.09. The van der Waals surface area contributed by atoms with Gasteiger partial charge in [-0.3, -0.25) is 0 Å². The van der Waals surface area contributed by atoms with Gasteiger partial charge in [0.2, 0.25) is 5.13 Å². The van der Waals surface area contributed by atoms with Crippen molar-refractivity contribution in [2.75, 3.05) is 0 Å². The lowest BCUT2D eigenvalue weighted by molar-refractivity contribution is 0.444. The summed E-state index contributed by atoms with van der Waals surface area (Å²) in [5.74, 6) is 0. The van der Waals surface area contributed by atoms with Gasteiger partial charge >= 0.3 is 0 Å². The number of hydrogen-bond acceptors (Lipinski definition) is 4. The van der Waals surface area contributed by atoms with Crippen molar-refractivity contribution in [2.24, 2.45) is 9.98 Å². The van der Waals surface area contributed by atoms with Crippen LogP contribution in [0.1, 0.15) is 32.1 Å². The van der Waals surface area contributed by atoms with Crippen molar-refractivity contribution in [2.45, 2.75) is 38.1 Å². The molecule has 14 heavy (non-hydrogen) atoms. The summed E-state index contributed by atoms with van der Waals surface area (Å²) in [6.45, 7) is 0. The molecule has 0 aliphatic heterocycles. The van der Waals surface area contributed by atoms with Crippen molar-refractivity contribution < 1.29 is 0 Å². The smallest absolute Gasteiger partial charge is 0.219 e. The van der Waals surface area contributed by atoms with Crippen LogP contribution in [0.4, 0.5) is 5.13 Å². The molecule has 0 amide bonds. The van der Waals surface area contributed by atoms with Gasteiger partial charge in [0, 0.05) is 11.6 Å². The Hall–Kier alpha value is -0.990. The molecular formula is C10H13N3S. The fourth-order valence-corrected chi connectivity index (χ4v) is 2.09. The zero-order valence-corrected chi connectivity index (χ0v) is 8.83. The lowest BCUT2D eigenvalue weighted by atomic mass is 9.96. The number of thiazole rings is 1. The summed E-state index contributed by atoms with van der Waals surface area (Å²) in [7, 11) is 0. The molecule has 1 aliphatic rings.